The van der Waals surface area contributed by atoms with Crippen molar-refractivity contribution in [3.8, 4) is 0 Å². The summed E-state index contributed by atoms with van der Waals surface area (Å²) in [5, 5.41) is 0. The van der Waals surface area contributed by atoms with E-state index in [0.29, 0.717) is 0 Å². The molecule has 0 aromatic heterocycles. The van der Waals surface area contributed by atoms with Crippen LogP contribution in [-0.4, -0.2) is 13.3 Å². The molecule has 0 saturated carbocycles. The monoisotopic (exact) mass is 130 g/mol. The number of hydrogen-bond acceptors (Lipinski definition) is 0. The Bertz CT molecular complexity index is 64.8. The Labute approximate surface area is 53.7 Å². The molecular weight excluding hydrogens is 115 g/mol. The highest BCUT2D eigenvalue weighted by molar-refractivity contribution is 7.59. The summed E-state index contributed by atoms with van der Waals surface area (Å²) in [6.45, 7) is 6.74. The van der Waals surface area contributed by atoms with Crippen molar-refractivity contribution in [1.82, 2.24) is 0 Å². The smallest absolute Gasteiger partial charge is 0.0350 e. The quantitative estimate of drug-likeness (QED) is 0.515. The van der Waals surface area contributed by atoms with Gasteiger partial charge in [-0.1, -0.05) is 33.2 Å². The lowest BCUT2D eigenvalue weighted by atomic mass is 10.3. The second kappa shape index (κ2) is 5.31. The van der Waals surface area contributed by atoms with Crippen LogP contribution < -0.4 is 0 Å². The molecule has 0 nitrogen and oxygen atoms in total. The lowest BCUT2D eigenvalue weighted by Gasteiger charge is -1.91. The van der Waals surface area contributed by atoms with Crippen LogP contribution in [-0.2, 0) is 0 Å². The Morgan fingerprint density at radius 1 is 1.38 bits per heavy atom. The van der Waals surface area contributed by atoms with Crippen LogP contribution in [0.2, 0.25) is 0 Å². The van der Waals surface area contributed by atoms with Crippen molar-refractivity contribution in [2.75, 3.05) is 13.3 Å². The van der Waals surface area contributed by atoms with Crippen LogP contribution in [0.1, 0.15) is 19.8 Å². The Kier molecular flexibility index (Phi) is 5.42. The molecule has 0 N–H and O–H groups in total. The summed E-state index contributed by atoms with van der Waals surface area (Å²) in [5.41, 5.74) is 0. The fourth-order valence-electron chi connectivity index (χ4n) is 0.452. The van der Waals surface area contributed by atoms with E-state index < -0.39 is 0 Å². The molecule has 0 aromatic carbocycles. The second-order valence-corrected chi connectivity index (χ2v) is 4.36. The summed E-state index contributed by atoms with van der Waals surface area (Å²) in [4.78, 5) is 0. The molecular formula is C7H15P. The zero-order chi connectivity index (χ0) is 6.41. The first kappa shape index (κ1) is 8.17. The van der Waals surface area contributed by atoms with E-state index in [9.17, 15) is 0 Å². The molecule has 0 aliphatic heterocycles. The van der Waals surface area contributed by atoms with E-state index >= 15 is 0 Å². The molecule has 0 bridgehead atoms. The Balaban J connectivity index is 3.07. The predicted octanol–water partition coefficient (Wildman–Crippen LogP) is 3.04. The fraction of sp³-hybridized carbons (Fsp3) is 0.714. The minimum absolute atomic E-state index is 0.207. The van der Waals surface area contributed by atoms with E-state index in [1.165, 1.54) is 12.8 Å². The molecule has 1 heteroatoms. The molecule has 48 valence electrons. The standard InChI is InChI=1S/C7H15P/c1-4-5-6-7-8(2)3/h6-7H,4-5H2,1-3H3. The number of rotatable bonds is 3. The van der Waals surface area contributed by atoms with E-state index in [0.717, 1.165) is 0 Å². The maximum Gasteiger partial charge on any atom is -0.0350 e. The molecule has 0 amide bonds. The number of unbranched alkanes of at least 4 members (excludes halogenated alkanes) is 1. The van der Waals surface area contributed by atoms with Crippen molar-refractivity contribution in [2.24, 2.45) is 0 Å². The van der Waals surface area contributed by atoms with Crippen LogP contribution in [0.3, 0.4) is 0 Å². The molecule has 0 rings (SSSR count). The largest absolute Gasteiger partial charge is 0.0900 e. The summed E-state index contributed by atoms with van der Waals surface area (Å²) >= 11 is 0. The van der Waals surface area contributed by atoms with Crippen molar-refractivity contribution in [2.45, 2.75) is 19.8 Å². The first-order valence-electron chi connectivity index (χ1n) is 3.10. The summed E-state index contributed by atoms with van der Waals surface area (Å²) < 4.78 is 0. The highest BCUT2D eigenvalue weighted by Gasteiger charge is 1.79. The maximum atomic E-state index is 2.32. The van der Waals surface area contributed by atoms with E-state index in [4.69, 9.17) is 0 Å². The van der Waals surface area contributed by atoms with Gasteiger partial charge in [0.2, 0.25) is 0 Å². The van der Waals surface area contributed by atoms with Crippen LogP contribution >= 0.6 is 7.92 Å². The van der Waals surface area contributed by atoms with Gasteiger partial charge in [-0.15, -0.1) is 0 Å². The predicted molar refractivity (Wildman–Crippen MR) is 42.8 cm³/mol. The SMILES string of the molecule is CCCC=CP(C)C. The van der Waals surface area contributed by atoms with Gasteiger partial charge in [0, 0.05) is 0 Å². The zero-order valence-corrected chi connectivity index (χ0v) is 6.91. The minimum atomic E-state index is 0.207. The third kappa shape index (κ3) is 6.17. The fourth-order valence-corrected chi connectivity index (χ4v) is 1.02. The van der Waals surface area contributed by atoms with Gasteiger partial charge in [-0.3, -0.25) is 0 Å². The van der Waals surface area contributed by atoms with Crippen LogP contribution in [0.15, 0.2) is 11.9 Å². The average molecular weight is 130 g/mol. The third-order valence-electron chi connectivity index (χ3n) is 0.859. The second-order valence-electron chi connectivity index (χ2n) is 2.14. The summed E-state index contributed by atoms with van der Waals surface area (Å²) in [6.07, 6.45) is 4.81. The first-order valence-corrected chi connectivity index (χ1v) is 5.41. The van der Waals surface area contributed by atoms with Crippen LogP contribution in [0.4, 0.5) is 0 Å². The molecule has 0 atom stereocenters. The summed E-state index contributed by atoms with van der Waals surface area (Å²) in [6, 6.07) is 0. The van der Waals surface area contributed by atoms with Crippen molar-refractivity contribution in [3.63, 3.8) is 0 Å². The molecule has 0 unspecified atom stereocenters. The minimum Gasteiger partial charge on any atom is -0.0900 e. The lowest BCUT2D eigenvalue weighted by molar-refractivity contribution is 0.960. The highest BCUT2D eigenvalue weighted by Crippen LogP contribution is 2.25. The number of allylic oxidation sites excluding steroid dienone is 1. The molecule has 0 aromatic rings. The van der Waals surface area contributed by atoms with Crippen molar-refractivity contribution >= 4 is 7.92 Å². The molecule has 0 aliphatic carbocycles. The normalized spacial score (nSPS) is 11.5. The number of hydrogen-bond donors (Lipinski definition) is 0. The van der Waals surface area contributed by atoms with Gasteiger partial charge in [-0.2, -0.15) is 0 Å². The topological polar surface area (TPSA) is 0 Å². The molecule has 0 saturated heterocycles. The van der Waals surface area contributed by atoms with Gasteiger partial charge in [0.25, 0.3) is 0 Å². The van der Waals surface area contributed by atoms with Crippen molar-refractivity contribution in [3.05, 3.63) is 11.9 Å². The molecule has 0 spiro atoms. The molecule has 0 aliphatic rings. The molecule has 0 heterocycles. The average Bonchev–Trinajstić information content (AvgIpc) is 1.66. The van der Waals surface area contributed by atoms with Gasteiger partial charge >= 0.3 is 0 Å². The summed E-state index contributed by atoms with van der Waals surface area (Å²) in [5.74, 6) is 2.32. The van der Waals surface area contributed by atoms with E-state index in [2.05, 4.69) is 32.1 Å². The Morgan fingerprint density at radius 2 is 2.00 bits per heavy atom. The first-order chi connectivity index (χ1) is 3.77. The Morgan fingerprint density at radius 3 is 2.38 bits per heavy atom. The van der Waals surface area contributed by atoms with E-state index in [1.807, 2.05) is 0 Å². The highest BCUT2D eigenvalue weighted by atomic mass is 31.1. The van der Waals surface area contributed by atoms with Crippen molar-refractivity contribution in [1.29, 1.82) is 0 Å². The van der Waals surface area contributed by atoms with E-state index in [-0.39, 0.29) is 7.92 Å². The van der Waals surface area contributed by atoms with Crippen LogP contribution in [0.5, 0.6) is 0 Å². The molecule has 0 radical (unpaired) electrons. The zero-order valence-electron chi connectivity index (χ0n) is 6.02. The van der Waals surface area contributed by atoms with Gasteiger partial charge in [0.1, 0.15) is 0 Å². The van der Waals surface area contributed by atoms with Crippen LogP contribution in [0, 0.1) is 0 Å². The maximum absolute atomic E-state index is 2.32. The van der Waals surface area contributed by atoms with Crippen molar-refractivity contribution < 1.29 is 0 Å². The van der Waals surface area contributed by atoms with Gasteiger partial charge in [-0.05, 0) is 19.8 Å². The third-order valence-corrected chi connectivity index (χ3v) is 1.67. The Hall–Kier alpha value is 0.170. The molecule has 8 heavy (non-hydrogen) atoms. The van der Waals surface area contributed by atoms with E-state index in [1.54, 1.807) is 0 Å². The lowest BCUT2D eigenvalue weighted by Crippen LogP contribution is -1.60. The van der Waals surface area contributed by atoms with Gasteiger partial charge in [0.15, 0.2) is 0 Å². The van der Waals surface area contributed by atoms with Gasteiger partial charge in [-0.25, -0.2) is 0 Å². The van der Waals surface area contributed by atoms with Gasteiger partial charge in [0.05, 0.1) is 0 Å². The molecule has 0 fully saturated rings. The van der Waals surface area contributed by atoms with Gasteiger partial charge < -0.3 is 0 Å². The van der Waals surface area contributed by atoms with Crippen LogP contribution in [0.25, 0.3) is 0 Å². The summed E-state index contributed by atoms with van der Waals surface area (Å²) in [7, 11) is 0.207.